The van der Waals surface area contributed by atoms with Gasteiger partial charge in [0.1, 0.15) is 23.6 Å². The van der Waals surface area contributed by atoms with Crippen molar-refractivity contribution >= 4 is 29.0 Å². The summed E-state index contributed by atoms with van der Waals surface area (Å²) in [6.07, 6.45) is 2.37. The second kappa shape index (κ2) is 7.86. The molecule has 3 aromatic rings. The van der Waals surface area contributed by atoms with Crippen molar-refractivity contribution < 1.29 is 9.53 Å². The minimum absolute atomic E-state index is 0.302. The van der Waals surface area contributed by atoms with Crippen LogP contribution >= 0.6 is 11.6 Å². The summed E-state index contributed by atoms with van der Waals surface area (Å²) in [4.78, 5) is 23.3. The molecule has 0 radical (unpaired) electrons. The van der Waals surface area contributed by atoms with E-state index in [1.165, 1.54) is 17.5 Å². The lowest BCUT2D eigenvalue weighted by atomic mass is 10.00. The summed E-state index contributed by atoms with van der Waals surface area (Å²) in [6.45, 7) is 1.62. The fourth-order valence-electron chi connectivity index (χ4n) is 3.27. The average Bonchev–Trinajstić information content (AvgIpc) is 2.73. The van der Waals surface area contributed by atoms with E-state index in [2.05, 4.69) is 38.4 Å². The molecule has 1 aliphatic heterocycles. The SMILES string of the molecule is COc1ccc(NC(=O)c2cc(N3CCc4ccccc4C3)ncn2)cc1Cl. The van der Waals surface area contributed by atoms with E-state index in [9.17, 15) is 4.79 Å². The molecule has 1 N–H and O–H groups in total. The number of aromatic nitrogens is 2. The van der Waals surface area contributed by atoms with Crippen LogP contribution in [0.1, 0.15) is 21.6 Å². The molecule has 4 rings (SSSR count). The number of ether oxygens (including phenoxy) is 1. The Hall–Kier alpha value is -3.12. The van der Waals surface area contributed by atoms with Gasteiger partial charge in [-0.05, 0) is 35.7 Å². The van der Waals surface area contributed by atoms with Gasteiger partial charge in [0, 0.05) is 24.8 Å². The first-order valence-electron chi connectivity index (χ1n) is 8.92. The molecule has 0 unspecified atom stereocenters. The van der Waals surface area contributed by atoms with Crippen LogP contribution in [0.5, 0.6) is 5.75 Å². The second-order valence-electron chi connectivity index (χ2n) is 6.51. The van der Waals surface area contributed by atoms with Gasteiger partial charge < -0.3 is 15.0 Å². The third kappa shape index (κ3) is 3.77. The van der Waals surface area contributed by atoms with Gasteiger partial charge in [0.2, 0.25) is 0 Å². The van der Waals surface area contributed by atoms with Gasteiger partial charge in [-0.15, -0.1) is 0 Å². The van der Waals surface area contributed by atoms with Gasteiger partial charge in [-0.3, -0.25) is 4.79 Å². The Balaban J connectivity index is 1.51. The second-order valence-corrected chi connectivity index (χ2v) is 6.91. The molecule has 0 aliphatic carbocycles. The van der Waals surface area contributed by atoms with Gasteiger partial charge in [0.15, 0.2) is 0 Å². The van der Waals surface area contributed by atoms with Crippen molar-refractivity contribution in [3.63, 3.8) is 0 Å². The predicted octanol–water partition coefficient (Wildman–Crippen LogP) is 3.95. The molecule has 2 aromatic carbocycles. The number of carbonyl (C=O) groups excluding carboxylic acids is 1. The molecule has 28 heavy (non-hydrogen) atoms. The molecule has 0 fully saturated rings. The van der Waals surface area contributed by atoms with E-state index < -0.39 is 0 Å². The molecule has 0 saturated heterocycles. The van der Waals surface area contributed by atoms with Crippen LogP contribution in [0.3, 0.4) is 0 Å². The van der Waals surface area contributed by atoms with Gasteiger partial charge in [-0.25, -0.2) is 9.97 Å². The van der Waals surface area contributed by atoms with Crippen molar-refractivity contribution in [1.82, 2.24) is 9.97 Å². The predicted molar refractivity (Wildman–Crippen MR) is 109 cm³/mol. The Morgan fingerprint density at radius 3 is 2.75 bits per heavy atom. The Kier molecular flexibility index (Phi) is 5.12. The summed E-state index contributed by atoms with van der Waals surface area (Å²) in [5, 5.41) is 3.23. The Morgan fingerprint density at radius 1 is 1.14 bits per heavy atom. The summed E-state index contributed by atoms with van der Waals surface area (Å²) in [7, 11) is 1.54. The summed E-state index contributed by atoms with van der Waals surface area (Å²) in [5.74, 6) is 0.971. The fourth-order valence-corrected chi connectivity index (χ4v) is 3.53. The largest absolute Gasteiger partial charge is 0.495 e. The molecule has 1 aliphatic rings. The van der Waals surface area contributed by atoms with Crippen LogP contribution < -0.4 is 15.0 Å². The van der Waals surface area contributed by atoms with Crippen molar-refractivity contribution in [2.45, 2.75) is 13.0 Å². The minimum Gasteiger partial charge on any atom is -0.495 e. The molecule has 7 heteroatoms. The van der Waals surface area contributed by atoms with Crippen LogP contribution in [0, 0.1) is 0 Å². The van der Waals surface area contributed by atoms with Crippen LogP contribution in [0.25, 0.3) is 0 Å². The third-order valence-corrected chi connectivity index (χ3v) is 5.04. The van der Waals surface area contributed by atoms with E-state index in [1.807, 2.05) is 6.07 Å². The number of hydrogen-bond donors (Lipinski definition) is 1. The van der Waals surface area contributed by atoms with Crippen LogP contribution in [0.2, 0.25) is 5.02 Å². The first-order valence-corrected chi connectivity index (χ1v) is 9.30. The highest BCUT2D eigenvalue weighted by Crippen LogP contribution is 2.28. The number of methoxy groups -OCH3 is 1. The zero-order valence-electron chi connectivity index (χ0n) is 15.4. The van der Waals surface area contributed by atoms with E-state index in [1.54, 1.807) is 31.4 Å². The van der Waals surface area contributed by atoms with Gasteiger partial charge in [-0.1, -0.05) is 35.9 Å². The Labute approximate surface area is 168 Å². The quantitative estimate of drug-likeness (QED) is 0.725. The Bertz CT molecular complexity index is 1020. The lowest BCUT2D eigenvalue weighted by Crippen LogP contribution is -2.31. The van der Waals surface area contributed by atoms with E-state index >= 15 is 0 Å². The number of nitrogens with one attached hydrogen (secondary N) is 1. The number of amides is 1. The monoisotopic (exact) mass is 394 g/mol. The molecular weight excluding hydrogens is 376 g/mol. The standard InChI is InChI=1S/C21H19ClN4O2/c1-28-19-7-6-16(10-17(19)22)25-21(27)18-11-20(24-13-23-18)26-9-8-14-4-2-3-5-15(14)12-26/h2-7,10-11,13H,8-9,12H2,1H3,(H,25,27). The van der Waals surface area contributed by atoms with Gasteiger partial charge in [0.05, 0.1) is 12.1 Å². The van der Waals surface area contributed by atoms with Crippen LogP contribution in [-0.4, -0.2) is 29.5 Å². The number of nitrogens with zero attached hydrogens (tertiary/aromatic N) is 3. The van der Waals surface area contributed by atoms with Crippen molar-refractivity contribution in [1.29, 1.82) is 0 Å². The highest BCUT2D eigenvalue weighted by Gasteiger charge is 2.19. The van der Waals surface area contributed by atoms with Crippen molar-refractivity contribution in [2.24, 2.45) is 0 Å². The first-order chi connectivity index (χ1) is 13.6. The molecule has 0 saturated carbocycles. The van der Waals surface area contributed by atoms with Crippen LogP contribution in [0.15, 0.2) is 54.9 Å². The average molecular weight is 395 g/mol. The molecule has 1 amide bonds. The highest BCUT2D eigenvalue weighted by atomic mass is 35.5. The molecule has 1 aromatic heterocycles. The Morgan fingerprint density at radius 2 is 1.96 bits per heavy atom. The topological polar surface area (TPSA) is 67.3 Å². The summed E-state index contributed by atoms with van der Waals surface area (Å²) >= 11 is 6.12. The first kappa shape index (κ1) is 18.3. The highest BCUT2D eigenvalue weighted by molar-refractivity contribution is 6.32. The summed E-state index contributed by atoms with van der Waals surface area (Å²) in [5.41, 5.74) is 3.52. The number of hydrogen-bond acceptors (Lipinski definition) is 5. The maximum atomic E-state index is 12.6. The van der Waals surface area contributed by atoms with Crippen molar-refractivity contribution in [2.75, 3.05) is 23.9 Å². The molecule has 0 atom stereocenters. The summed E-state index contributed by atoms with van der Waals surface area (Å²) in [6, 6.07) is 15.2. The van der Waals surface area contributed by atoms with E-state index in [0.717, 1.165) is 25.3 Å². The molecule has 6 nitrogen and oxygen atoms in total. The lowest BCUT2D eigenvalue weighted by Gasteiger charge is -2.29. The number of rotatable bonds is 4. The molecular formula is C21H19ClN4O2. The van der Waals surface area contributed by atoms with Crippen LogP contribution in [0.4, 0.5) is 11.5 Å². The number of halogens is 1. The fraction of sp³-hybridized carbons (Fsp3) is 0.190. The van der Waals surface area contributed by atoms with Crippen molar-refractivity contribution in [3.8, 4) is 5.75 Å². The van der Waals surface area contributed by atoms with Crippen LogP contribution in [-0.2, 0) is 13.0 Å². The smallest absolute Gasteiger partial charge is 0.274 e. The minimum atomic E-state index is -0.317. The van der Waals surface area contributed by atoms with E-state index in [4.69, 9.17) is 16.3 Å². The number of anilines is 2. The zero-order chi connectivity index (χ0) is 19.5. The number of fused-ring (bicyclic) bond motifs is 1. The van der Waals surface area contributed by atoms with Gasteiger partial charge >= 0.3 is 0 Å². The van der Waals surface area contributed by atoms with E-state index in [-0.39, 0.29) is 5.91 Å². The maximum Gasteiger partial charge on any atom is 0.274 e. The zero-order valence-corrected chi connectivity index (χ0v) is 16.1. The summed E-state index contributed by atoms with van der Waals surface area (Å²) < 4.78 is 5.13. The number of carbonyl (C=O) groups is 1. The van der Waals surface area contributed by atoms with Gasteiger partial charge in [0.25, 0.3) is 5.91 Å². The molecule has 0 spiro atoms. The molecule has 0 bridgehead atoms. The third-order valence-electron chi connectivity index (χ3n) is 4.75. The normalized spacial score (nSPS) is 13.0. The van der Waals surface area contributed by atoms with E-state index in [0.29, 0.717) is 22.2 Å². The lowest BCUT2D eigenvalue weighted by molar-refractivity contribution is 0.102. The maximum absolute atomic E-state index is 12.6. The van der Waals surface area contributed by atoms with Crippen molar-refractivity contribution in [3.05, 3.63) is 76.7 Å². The van der Waals surface area contributed by atoms with Gasteiger partial charge in [-0.2, -0.15) is 0 Å². The number of benzene rings is 2. The molecule has 142 valence electrons. The molecule has 2 heterocycles.